The van der Waals surface area contributed by atoms with E-state index in [9.17, 15) is 9.13 Å². The lowest BCUT2D eigenvalue weighted by Crippen LogP contribution is -2.07. The Bertz CT molecular complexity index is 592. The Labute approximate surface area is 164 Å². The van der Waals surface area contributed by atoms with Crippen LogP contribution in [0.3, 0.4) is 0 Å². The number of pyridine rings is 1. The zero-order valence-corrected chi connectivity index (χ0v) is 18.6. The highest BCUT2D eigenvalue weighted by Crippen LogP contribution is 2.64. The average Bonchev–Trinajstić information content (AvgIpc) is 2.61. The highest BCUT2D eigenvalue weighted by atomic mass is 35.5. The van der Waals surface area contributed by atoms with Crippen LogP contribution in [0.2, 0.25) is 0 Å². The van der Waals surface area contributed by atoms with Crippen molar-refractivity contribution in [3.63, 3.8) is 0 Å². The first-order valence-corrected chi connectivity index (χ1v) is 12.4. The molecule has 1 aromatic rings. The second-order valence-electron chi connectivity index (χ2n) is 4.91. The van der Waals surface area contributed by atoms with Crippen LogP contribution in [0.1, 0.15) is 49.3 Å². The minimum absolute atomic E-state index is 0.169. The van der Waals surface area contributed by atoms with Crippen LogP contribution in [-0.2, 0) is 27.2 Å². The second-order valence-corrected chi connectivity index (χ2v) is 10.6. The van der Waals surface area contributed by atoms with E-state index in [4.69, 9.17) is 41.3 Å². The van der Waals surface area contributed by atoms with Crippen molar-refractivity contribution in [1.29, 1.82) is 0 Å². The Hall–Kier alpha value is 0.0300. The molecule has 0 fully saturated rings. The van der Waals surface area contributed by atoms with Gasteiger partial charge in [-0.05, 0) is 39.8 Å². The third kappa shape index (κ3) is 6.02. The Morgan fingerprint density at radius 2 is 1.12 bits per heavy atom. The van der Waals surface area contributed by atoms with E-state index in [0.717, 1.165) is 0 Å². The van der Waals surface area contributed by atoms with Crippen LogP contribution in [-0.4, -0.2) is 31.4 Å². The zero-order valence-electron chi connectivity index (χ0n) is 15.3. The summed E-state index contributed by atoms with van der Waals surface area (Å²) in [6.07, 6.45) is 0. The van der Waals surface area contributed by atoms with Gasteiger partial charge in [-0.1, -0.05) is 6.07 Å². The molecular formula is C15H25Cl2NO6P2. The summed E-state index contributed by atoms with van der Waals surface area (Å²) in [5, 5.41) is -2.27. The maximum atomic E-state index is 12.8. The van der Waals surface area contributed by atoms with Crippen molar-refractivity contribution >= 4 is 38.4 Å². The standard InChI is InChI=1S/C15H25Cl2NO6P2/c1-5-21-25(19,22-6-2)14(16)12-10-9-11-13(18-12)15(17)26(20,23-7-3)24-8-4/h9-11,14-15H,5-8H2,1-4H3. The fraction of sp³-hybridized carbons (Fsp3) is 0.667. The van der Waals surface area contributed by atoms with Gasteiger partial charge in [-0.2, -0.15) is 0 Å². The summed E-state index contributed by atoms with van der Waals surface area (Å²) in [7, 11) is -7.24. The summed E-state index contributed by atoms with van der Waals surface area (Å²) >= 11 is 12.7. The van der Waals surface area contributed by atoms with E-state index in [1.807, 2.05) is 0 Å². The first-order chi connectivity index (χ1) is 12.3. The topological polar surface area (TPSA) is 84.0 Å². The van der Waals surface area contributed by atoms with Gasteiger partial charge in [0.05, 0.1) is 37.8 Å². The van der Waals surface area contributed by atoms with Crippen molar-refractivity contribution in [3.8, 4) is 0 Å². The monoisotopic (exact) mass is 447 g/mol. The molecule has 0 aliphatic heterocycles. The number of hydrogen-bond donors (Lipinski definition) is 0. The predicted octanol–water partition coefficient (Wildman–Crippen LogP) is 6.09. The molecule has 0 radical (unpaired) electrons. The number of alkyl halides is 2. The molecule has 0 amide bonds. The normalized spacial score (nSPS) is 15.0. The van der Waals surface area contributed by atoms with Crippen LogP contribution in [0.15, 0.2) is 18.2 Å². The second kappa shape index (κ2) is 11.1. The van der Waals surface area contributed by atoms with Crippen LogP contribution in [0.25, 0.3) is 0 Å². The molecule has 0 bridgehead atoms. The smallest absolute Gasteiger partial charge is 0.308 e. The molecule has 2 atom stereocenters. The maximum Gasteiger partial charge on any atom is 0.354 e. The molecule has 0 aliphatic rings. The van der Waals surface area contributed by atoms with Crippen molar-refractivity contribution in [3.05, 3.63) is 29.6 Å². The quantitative estimate of drug-likeness (QED) is 0.283. The molecule has 1 heterocycles. The van der Waals surface area contributed by atoms with Crippen molar-refractivity contribution in [2.45, 2.75) is 37.9 Å². The lowest BCUT2D eigenvalue weighted by Gasteiger charge is -2.23. The van der Waals surface area contributed by atoms with E-state index in [1.54, 1.807) is 45.9 Å². The van der Waals surface area contributed by atoms with Gasteiger partial charge in [0.1, 0.15) is 0 Å². The van der Waals surface area contributed by atoms with E-state index in [-0.39, 0.29) is 37.8 Å². The van der Waals surface area contributed by atoms with Gasteiger partial charge in [0.15, 0.2) is 10.2 Å². The van der Waals surface area contributed by atoms with E-state index >= 15 is 0 Å². The zero-order chi connectivity index (χ0) is 19.8. The highest BCUT2D eigenvalue weighted by Gasteiger charge is 2.39. The largest absolute Gasteiger partial charge is 0.354 e. The van der Waals surface area contributed by atoms with Gasteiger partial charge in [0.25, 0.3) is 0 Å². The Morgan fingerprint density at radius 3 is 1.38 bits per heavy atom. The van der Waals surface area contributed by atoms with Crippen LogP contribution in [0.4, 0.5) is 0 Å². The van der Waals surface area contributed by atoms with E-state index in [0.29, 0.717) is 0 Å². The molecule has 0 aromatic carbocycles. The average molecular weight is 448 g/mol. The number of rotatable bonds is 12. The lowest BCUT2D eigenvalue weighted by molar-refractivity contribution is 0.217. The minimum atomic E-state index is -3.62. The van der Waals surface area contributed by atoms with Gasteiger partial charge in [0, 0.05) is 0 Å². The van der Waals surface area contributed by atoms with Crippen LogP contribution in [0, 0.1) is 0 Å². The third-order valence-electron chi connectivity index (χ3n) is 3.07. The molecule has 1 aromatic heterocycles. The summed E-state index contributed by atoms with van der Waals surface area (Å²) in [5.41, 5.74) is 0.471. The van der Waals surface area contributed by atoms with Crippen LogP contribution >= 0.6 is 38.4 Å². The first kappa shape index (κ1) is 24.1. The fourth-order valence-corrected chi connectivity index (χ4v) is 6.08. The van der Waals surface area contributed by atoms with E-state index in [1.165, 1.54) is 0 Å². The number of aromatic nitrogens is 1. The molecule has 11 heteroatoms. The van der Waals surface area contributed by atoms with Crippen molar-refractivity contribution < 1.29 is 27.2 Å². The Morgan fingerprint density at radius 1 is 0.808 bits per heavy atom. The van der Waals surface area contributed by atoms with Gasteiger partial charge in [-0.15, -0.1) is 23.2 Å². The molecular weight excluding hydrogens is 423 g/mol. The molecule has 1 rings (SSSR count). The maximum absolute atomic E-state index is 12.8. The summed E-state index contributed by atoms with van der Waals surface area (Å²) < 4.78 is 46.7. The van der Waals surface area contributed by atoms with Crippen molar-refractivity contribution in [2.24, 2.45) is 0 Å². The number of nitrogens with zero attached hydrogens (tertiary/aromatic N) is 1. The molecule has 2 unspecified atom stereocenters. The molecule has 0 N–H and O–H groups in total. The third-order valence-corrected chi connectivity index (χ3v) is 9.07. The van der Waals surface area contributed by atoms with Crippen LogP contribution < -0.4 is 0 Å². The van der Waals surface area contributed by atoms with Gasteiger partial charge in [-0.25, -0.2) is 0 Å². The molecule has 7 nitrogen and oxygen atoms in total. The van der Waals surface area contributed by atoms with E-state index < -0.39 is 25.4 Å². The summed E-state index contributed by atoms with van der Waals surface area (Å²) in [6, 6.07) is 4.76. The minimum Gasteiger partial charge on any atom is -0.308 e. The summed E-state index contributed by atoms with van der Waals surface area (Å²) in [4.78, 5) is 4.31. The fourth-order valence-electron chi connectivity index (χ4n) is 2.11. The van der Waals surface area contributed by atoms with Crippen molar-refractivity contribution in [1.82, 2.24) is 4.98 Å². The van der Waals surface area contributed by atoms with Gasteiger partial charge in [-0.3, -0.25) is 14.1 Å². The number of hydrogen-bond acceptors (Lipinski definition) is 7. The molecule has 26 heavy (non-hydrogen) atoms. The molecule has 150 valence electrons. The van der Waals surface area contributed by atoms with Gasteiger partial charge >= 0.3 is 15.2 Å². The summed E-state index contributed by atoms with van der Waals surface area (Å²) in [5.74, 6) is 0. The molecule has 0 aliphatic carbocycles. The van der Waals surface area contributed by atoms with Gasteiger partial charge < -0.3 is 18.1 Å². The highest BCUT2D eigenvalue weighted by molar-refractivity contribution is 7.56. The number of halogens is 2. The predicted molar refractivity (Wildman–Crippen MR) is 103 cm³/mol. The van der Waals surface area contributed by atoms with Gasteiger partial charge in [0.2, 0.25) is 0 Å². The Kier molecular flexibility index (Phi) is 10.3. The SMILES string of the molecule is CCOP(=O)(OCC)C(Cl)c1cccc(C(Cl)P(=O)(OCC)OCC)n1. The summed E-state index contributed by atoms with van der Waals surface area (Å²) in [6.45, 7) is 7.43. The lowest BCUT2D eigenvalue weighted by atomic mass is 10.3. The van der Waals surface area contributed by atoms with Crippen molar-refractivity contribution in [2.75, 3.05) is 26.4 Å². The Balaban J connectivity index is 3.20. The van der Waals surface area contributed by atoms with E-state index in [2.05, 4.69) is 4.98 Å². The first-order valence-electron chi connectivity index (χ1n) is 8.30. The van der Waals surface area contributed by atoms with Crippen LogP contribution in [0.5, 0.6) is 0 Å². The molecule has 0 saturated heterocycles. The molecule has 0 spiro atoms. The molecule has 0 saturated carbocycles.